The molecule has 1 aliphatic carbocycles. The fourth-order valence-corrected chi connectivity index (χ4v) is 3.61. The number of aromatic nitrogens is 2. The zero-order chi connectivity index (χ0) is 21.0. The highest BCUT2D eigenvalue weighted by atomic mass is 35.5. The summed E-state index contributed by atoms with van der Waals surface area (Å²) in [5, 5.41) is 28.0. The van der Waals surface area contributed by atoms with E-state index < -0.39 is 6.09 Å². The van der Waals surface area contributed by atoms with E-state index in [0.717, 1.165) is 12.0 Å². The molecule has 1 aromatic heterocycles. The minimum absolute atomic E-state index is 0.0133. The van der Waals surface area contributed by atoms with E-state index in [1.165, 1.54) is 6.20 Å². The van der Waals surface area contributed by atoms with E-state index >= 15 is 0 Å². The Balaban J connectivity index is 1.63. The highest BCUT2D eigenvalue weighted by Gasteiger charge is 2.49. The van der Waals surface area contributed by atoms with Crippen molar-refractivity contribution in [3.8, 4) is 6.07 Å². The van der Waals surface area contributed by atoms with Crippen LogP contribution in [0.5, 0.6) is 0 Å². The van der Waals surface area contributed by atoms with Gasteiger partial charge in [0.1, 0.15) is 17.5 Å². The van der Waals surface area contributed by atoms with Crippen molar-refractivity contribution in [1.29, 1.82) is 5.26 Å². The number of nitrogens with zero attached hydrogens (tertiary/aromatic N) is 3. The third-order valence-corrected chi connectivity index (χ3v) is 5.61. The van der Waals surface area contributed by atoms with Crippen LogP contribution in [0.25, 0.3) is 0 Å². The van der Waals surface area contributed by atoms with Crippen LogP contribution in [0.2, 0.25) is 5.02 Å². The second-order valence-corrected chi connectivity index (χ2v) is 8.07. The zero-order valence-electron chi connectivity index (χ0n) is 16.2. The number of carbonyl (C=O) groups is 1. The Hall–Kier alpha value is -3.05. The van der Waals surface area contributed by atoms with Crippen molar-refractivity contribution < 1.29 is 9.90 Å². The van der Waals surface area contributed by atoms with Crippen molar-refractivity contribution in [2.45, 2.75) is 38.8 Å². The van der Waals surface area contributed by atoms with Crippen LogP contribution in [0.1, 0.15) is 31.4 Å². The van der Waals surface area contributed by atoms with Gasteiger partial charge in [-0.3, -0.25) is 0 Å². The number of nitrogens with one attached hydrogen (secondary N) is 3. The average Bonchev–Trinajstić information content (AvgIpc) is 2.67. The summed E-state index contributed by atoms with van der Waals surface area (Å²) in [7, 11) is 0. The summed E-state index contributed by atoms with van der Waals surface area (Å²) in [5.41, 5.74) is 1.14. The van der Waals surface area contributed by atoms with Crippen LogP contribution in [0.4, 0.5) is 16.6 Å². The van der Waals surface area contributed by atoms with E-state index in [0.29, 0.717) is 35.3 Å². The predicted molar refractivity (Wildman–Crippen MR) is 111 cm³/mol. The topological polar surface area (TPSA) is 123 Å². The van der Waals surface area contributed by atoms with Crippen molar-refractivity contribution in [3.05, 3.63) is 46.6 Å². The van der Waals surface area contributed by atoms with Gasteiger partial charge in [0.2, 0.25) is 5.95 Å². The lowest BCUT2D eigenvalue weighted by Crippen LogP contribution is -2.63. The van der Waals surface area contributed by atoms with Crippen LogP contribution in [0.3, 0.4) is 0 Å². The molecule has 0 radical (unpaired) electrons. The number of carboxylic acid groups (broad SMARTS) is 1. The Kier molecular flexibility index (Phi) is 6.09. The Morgan fingerprint density at radius 1 is 1.41 bits per heavy atom. The van der Waals surface area contributed by atoms with Crippen molar-refractivity contribution in [1.82, 2.24) is 15.3 Å². The zero-order valence-corrected chi connectivity index (χ0v) is 17.0. The molecule has 152 valence electrons. The summed E-state index contributed by atoms with van der Waals surface area (Å²) in [6.45, 7) is 4.57. The van der Waals surface area contributed by atoms with E-state index in [1.807, 2.05) is 38.1 Å². The number of anilines is 2. The van der Waals surface area contributed by atoms with E-state index in [2.05, 4.69) is 32.0 Å². The quantitative estimate of drug-likeness (QED) is 0.546. The monoisotopic (exact) mass is 414 g/mol. The predicted octanol–water partition coefficient (Wildman–Crippen LogP) is 3.50. The molecule has 1 heterocycles. The van der Waals surface area contributed by atoms with Gasteiger partial charge in [0, 0.05) is 29.1 Å². The molecule has 8 nitrogen and oxygen atoms in total. The second-order valence-electron chi connectivity index (χ2n) is 7.63. The van der Waals surface area contributed by atoms with E-state index in [4.69, 9.17) is 16.7 Å². The molecule has 0 unspecified atom stereocenters. The van der Waals surface area contributed by atoms with Crippen LogP contribution in [-0.4, -0.2) is 39.8 Å². The third-order valence-electron chi connectivity index (χ3n) is 5.37. The Labute approximate surface area is 174 Å². The maximum Gasteiger partial charge on any atom is 0.404 e. The van der Waals surface area contributed by atoms with Gasteiger partial charge in [0.25, 0.3) is 0 Å². The lowest BCUT2D eigenvalue weighted by atomic mass is 9.63. The highest BCUT2D eigenvalue weighted by Crippen LogP contribution is 2.42. The summed E-state index contributed by atoms with van der Waals surface area (Å²) in [6.07, 6.45) is 1.82. The van der Waals surface area contributed by atoms with Crippen LogP contribution in [0.15, 0.2) is 30.5 Å². The normalized spacial score (nSPS) is 19.5. The summed E-state index contributed by atoms with van der Waals surface area (Å²) in [5.74, 6) is 0.866. The van der Waals surface area contributed by atoms with Gasteiger partial charge in [0.05, 0.1) is 6.20 Å². The summed E-state index contributed by atoms with van der Waals surface area (Å²) in [4.78, 5) is 19.6. The fraction of sp³-hybridized carbons (Fsp3) is 0.400. The molecule has 2 atom stereocenters. The van der Waals surface area contributed by atoms with Crippen molar-refractivity contribution >= 4 is 29.5 Å². The smallest absolute Gasteiger partial charge is 0.404 e. The molecular formula is C20H23ClN6O2. The first-order valence-corrected chi connectivity index (χ1v) is 9.69. The second kappa shape index (κ2) is 8.53. The molecule has 1 amide bonds. The Morgan fingerprint density at radius 3 is 2.86 bits per heavy atom. The van der Waals surface area contributed by atoms with Crippen LogP contribution in [-0.2, 0) is 6.42 Å². The van der Waals surface area contributed by atoms with E-state index in [9.17, 15) is 10.1 Å². The number of hydrogen-bond acceptors (Lipinski definition) is 6. The Morgan fingerprint density at radius 2 is 2.21 bits per heavy atom. The van der Waals surface area contributed by atoms with Crippen LogP contribution < -0.4 is 16.0 Å². The van der Waals surface area contributed by atoms with Crippen molar-refractivity contribution in [2.75, 3.05) is 17.2 Å². The molecule has 0 spiro atoms. The van der Waals surface area contributed by atoms with Gasteiger partial charge in [-0.15, -0.1) is 0 Å². The lowest BCUT2D eigenvalue weighted by molar-refractivity contribution is 0.0823. The molecule has 1 aliphatic rings. The number of nitriles is 1. The largest absolute Gasteiger partial charge is 0.465 e. The molecule has 9 heteroatoms. The van der Waals surface area contributed by atoms with Crippen LogP contribution >= 0.6 is 11.6 Å². The third kappa shape index (κ3) is 4.87. The molecule has 1 saturated carbocycles. The van der Waals surface area contributed by atoms with Gasteiger partial charge in [-0.1, -0.05) is 37.6 Å². The molecule has 0 bridgehead atoms. The first kappa shape index (κ1) is 20.7. The van der Waals surface area contributed by atoms with Gasteiger partial charge < -0.3 is 21.1 Å². The highest BCUT2D eigenvalue weighted by molar-refractivity contribution is 6.30. The van der Waals surface area contributed by atoms with Gasteiger partial charge >= 0.3 is 6.09 Å². The fourth-order valence-electron chi connectivity index (χ4n) is 3.40. The lowest BCUT2D eigenvalue weighted by Gasteiger charge is -2.52. The molecule has 4 N–H and O–H groups in total. The molecule has 3 rings (SSSR count). The molecule has 0 saturated heterocycles. The Bertz CT molecular complexity index is 943. The number of halogens is 1. The number of benzene rings is 1. The van der Waals surface area contributed by atoms with Gasteiger partial charge in [-0.2, -0.15) is 10.2 Å². The molecule has 0 aliphatic heterocycles. The number of amides is 1. The van der Waals surface area contributed by atoms with Gasteiger partial charge in [-0.05, 0) is 30.5 Å². The summed E-state index contributed by atoms with van der Waals surface area (Å²) >= 11 is 6.00. The SMILES string of the molecule is CC1(C)[C@@H](Nc2nc(NCCc3cccc(Cl)c3)ncc2C#N)C[C@H]1NC(=O)O. The molecular weight excluding hydrogens is 392 g/mol. The molecule has 1 aromatic carbocycles. The average molecular weight is 415 g/mol. The number of rotatable bonds is 7. The molecule has 29 heavy (non-hydrogen) atoms. The van der Waals surface area contributed by atoms with Gasteiger partial charge in [-0.25, -0.2) is 9.78 Å². The summed E-state index contributed by atoms with van der Waals surface area (Å²) in [6, 6.07) is 9.58. The van der Waals surface area contributed by atoms with Gasteiger partial charge in [0.15, 0.2) is 0 Å². The molecule has 2 aromatic rings. The first-order valence-electron chi connectivity index (χ1n) is 9.31. The van der Waals surface area contributed by atoms with Crippen molar-refractivity contribution in [3.63, 3.8) is 0 Å². The molecule has 1 fully saturated rings. The maximum atomic E-state index is 10.9. The van der Waals surface area contributed by atoms with E-state index in [1.54, 1.807) is 0 Å². The first-order chi connectivity index (χ1) is 13.8. The standard InChI is InChI=1S/C20H23ClN6O2/c1-20(2)15(9-16(20)26-19(28)29)25-17-13(10-22)11-24-18(27-17)23-7-6-12-4-3-5-14(21)8-12/h3-5,8,11,15-16,26H,6-7,9H2,1-2H3,(H,28,29)(H2,23,24,25,27)/t15-,16+/m0/s1. The summed E-state index contributed by atoms with van der Waals surface area (Å²) < 4.78 is 0. The maximum absolute atomic E-state index is 10.9. The van der Waals surface area contributed by atoms with Crippen LogP contribution in [0, 0.1) is 16.7 Å². The number of hydrogen-bond donors (Lipinski definition) is 4. The minimum Gasteiger partial charge on any atom is -0.465 e. The van der Waals surface area contributed by atoms with E-state index in [-0.39, 0.29) is 17.5 Å². The minimum atomic E-state index is -1.03. The van der Waals surface area contributed by atoms with Crippen molar-refractivity contribution in [2.24, 2.45) is 5.41 Å².